The van der Waals surface area contributed by atoms with Crippen LogP contribution >= 0.6 is 0 Å². The molecule has 0 spiro atoms. The van der Waals surface area contributed by atoms with Crippen LogP contribution < -0.4 is 16.0 Å². The lowest BCUT2D eigenvalue weighted by molar-refractivity contribution is 0.508. The molecular formula is C14H24N4. The maximum Gasteiger partial charge on any atom is 0.189 e. The van der Waals surface area contributed by atoms with Crippen LogP contribution in [-0.2, 0) is 6.54 Å². The van der Waals surface area contributed by atoms with E-state index >= 15 is 0 Å². The summed E-state index contributed by atoms with van der Waals surface area (Å²) in [6.07, 6.45) is 0. The van der Waals surface area contributed by atoms with Crippen LogP contribution in [0.4, 0.5) is 5.69 Å². The fourth-order valence-corrected chi connectivity index (χ4v) is 1.53. The summed E-state index contributed by atoms with van der Waals surface area (Å²) in [6, 6.07) is 8.28. The average molecular weight is 248 g/mol. The Morgan fingerprint density at radius 1 is 1.33 bits per heavy atom. The van der Waals surface area contributed by atoms with Crippen molar-refractivity contribution in [3.05, 3.63) is 29.8 Å². The van der Waals surface area contributed by atoms with Gasteiger partial charge in [0.25, 0.3) is 0 Å². The largest absolute Gasteiger partial charge is 0.378 e. The van der Waals surface area contributed by atoms with Gasteiger partial charge in [0.2, 0.25) is 0 Å². The SMILES string of the molecule is CN(C)c1cccc(CN=C(N)NC(C)(C)C)c1. The van der Waals surface area contributed by atoms with Gasteiger partial charge in [0, 0.05) is 25.3 Å². The number of aliphatic imine (C=N–C) groups is 1. The number of nitrogens with zero attached hydrogens (tertiary/aromatic N) is 2. The first kappa shape index (κ1) is 14.4. The van der Waals surface area contributed by atoms with E-state index in [0.29, 0.717) is 12.5 Å². The highest BCUT2D eigenvalue weighted by Crippen LogP contribution is 2.13. The molecule has 0 saturated heterocycles. The van der Waals surface area contributed by atoms with E-state index in [1.165, 1.54) is 5.69 Å². The zero-order valence-corrected chi connectivity index (χ0v) is 12.0. The number of hydrogen-bond donors (Lipinski definition) is 2. The molecule has 1 rings (SSSR count). The van der Waals surface area contributed by atoms with Crippen LogP contribution in [0.25, 0.3) is 0 Å². The minimum atomic E-state index is -0.0565. The van der Waals surface area contributed by atoms with Gasteiger partial charge in [-0.25, -0.2) is 4.99 Å². The monoisotopic (exact) mass is 248 g/mol. The van der Waals surface area contributed by atoms with E-state index in [1.54, 1.807) is 0 Å². The average Bonchev–Trinajstić information content (AvgIpc) is 2.24. The van der Waals surface area contributed by atoms with Gasteiger partial charge in [-0.05, 0) is 38.5 Å². The number of nitrogens with two attached hydrogens (primary N) is 1. The van der Waals surface area contributed by atoms with Crippen molar-refractivity contribution in [1.82, 2.24) is 5.32 Å². The molecule has 4 nitrogen and oxygen atoms in total. The zero-order valence-electron chi connectivity index (χ0n) is 12.0. The summed E-state index contributed by atoms with van der Waals surface area (Å²) in [5.74, 6) is 0.484. The lowest BCUT2D eigenvalue weighted by Crippen LogP contribution is -2.44. The van der Waals surface area contributed by atoms with E-state index < -0.39 is 0 Å². The summed E-state index contributed by atoms with van der Waals surface area (Å²) >= 11 is 0. The van der Waals surface area contributed by atoms with Crippen LogP contribution in [0, 0.1) is 0 Å². The maximum atomic E-state index is 5.83. The predicted octanol–water partition coefficient (Wildman–Crippen LogP) is 1.96. The Kier molecular flexibility index (Phi) is 4.59. The Balaban J connectivity index is 2.68. The van der Waals surface area contributed by atoms with E-state index in [0.717, 1.165) is 5.56 Å². The quantitative estimate of drug-likeness (QED) is 0.635. The van der Waals surface area contributed by atoms with Crippen LogP contribution in [0.5, 0.6) is 0 Å². The standard InChI is InChI=1S/C14H24N4/c1-14(2,3)17-13(15)16-10-11-7-6-8-12(9-11)18(4)5/h6-9H,10H2,1-5H3,(H3,15,16,17). The van der Waals surface area contributed by atoms with Gasteiger partial charge in [0.15, 0.2) is 5.96 Å². The summed E-state index contributed by atoms with van der Waals surface area (Å²) in [6.45, 7) is 6.77. The van der Waals surface area contributed by atoms with E-state index in [9.17, 15) is 0 Å². The molecule has 0 aromatic heterocycles. The van der Waals surface area contributed by atoms with E-state index in [-0.39, 0.29) is 5.54 Å². The highest BCUT2D eigenvalue weighted by Gasteiger charge is 2.09. The highest BCUT2D eigenvalue weighted by molar-refractivity contribution is 5.78. The fourth-order valence-electron chi connectivity index (χ4n) is 1.53. The molecule has 4 heteroatoms. The fraction of sp³-hybridized carbons (Fsp3) is 0.500. The molecule has 0 aliphatic rings. The molecule has 0 aliphatic heterocycles. The molecule has 0 heterocycles. The van der Waals surface area contributed by atoms with Gasteiger partial charge in [0.05, 0.1) is 6.54 Å². The second-order valence-corrected chi connectivity index (χ2v) is 5.64. The minimum Gasteiger partial charge on any atom is -0.378 e. The van der Waals surface area contributed by atoms with Gasteiger partial charge >= 0.3 is 0 Å². The molecule has 0 unspecified atom stereocenters. The van der Waals surface area contributed by atoms with Crippen LogP contribution in [0.3, 0.4) is 0 Å². The van der Waals surface area contributed by atoms with Crippen molar-refractivity contribution in [2.45, 2.75) is 32.9 Å². The second-order valence-electron chi connectivity index (χ2n) is 5.64. The molecule has 0 fully saturated rings. The molecule has 18 heavy (non-hydrogen) atoms. The molecule has 0 aliphatic carbocycles. The first-order valence-electron chi connectivity index (χ1n) is 6.12. The Morgan fingerprint density at radius 2 is 2.00 bits per heavy atom. The van der Waals surface area contributed by atoms with Crippen molar-refractivity contribution in [3.8, 4) is 0 Å². The summed E-state index contributed by atoms with van der Waals surface area (Å²) in [5, 5.41) is 3.14. The van der Waals surface area contributed by atoms with E-state index in [2.05, 4.69) is 54.2 Å². The van der Waals surface area contributed by atoms with Crippen molar-refractivity contribution in [3.63, 3.8) is 0 Å². The third-order valence-corrected chi connectivity index (χ3v) is 2.36. The van der Waals surface area contributed by atoms with Crippen LogP contribution in [0.15, 0.2) is 29.3 Å². The van der Waals surface area contributed by atoms with Gasteiger partial charge in [-0.2, -0.15) is 0 Å². The summed E-state index contributed by atoms with van der Waals surface area (Å²) < 4.78 is 0. The molecule has 100 valence electrons. The smallest absolute Gasteiger partial charge is 0.189 e. The zero-order chi connectivity index (χ0) is 13.8. The Morgan fingerprint density at radius 3 is 2.56 bits per heavy atom. The second kappa shape index (κ2) is 5.76. The number of anilines is 1. The number of guanidine groups is 1. The summed E-state index contributed by atoms with van der Waals surface area (Å²) in [4.78, 5) is 6.42. The van der Waals surface area contributed by atoms with Crippen LogP contribution in [0.2, 0.25) is 0 Å². The van der Waals surface area contributed by atoms with E-state index in [1.807, 2.05) is 20.2 Å². The molecule has 0 atom stereocenters. The molecular weight excluding hydrogens is 224 g/mol. The lowest BCUT2D eigenvalue weighted by Gasteiger charge is -2.21. The Hall–Kier alpha value is -1.71. The Bertz CT molecular complexity index is 416. The van der Waals surface area contributed by atoms with Crippen molar-refractivity contribution < 1.29 is 0 Å². The molecule has 1 aromatic carbocycles. The summed E-state index contributed by atoms with van der Waals surface area (Å²) in [5.41, 5.74) is 8.10. The molecule has 0 amide bonds. The third-order valence-electron chi connectivity index (χ3n) is 2.36. The van der Waals surface area contributed by atoms with Gasteiger partial charge in [-0.3, -0.25) is 0 Å². The van der Waals surface area contributed by atoms with Gasteiger partial charge in [-0.15, -0.1) is 0 Å². The topological polar surface area (TPSA) is 53.6 Å². The summed E-state index contributed by atoms with van der Waals surface area (Å²) in [7, 11) is 4.05. The van der Waals surface area contributed by atoms with Gasteiger partial charge in [-0.1, -0.05) is 12.1 Å². The molecule has 0 radical (unpaired) electrons. The van der Waals surface area contributed by atoms with Crippen molar-refractivity contribution >= 4 is 11.6 Å². The molecule has 0 bridgehead atoms. The van der Waals surface area contributed by atoms with Crippen molar-refractivity contribution in [2.75, 3.05) is 19.0 Å². The predicted molar refractivity (Wildman–Crippen MR) is 79.0 cm³/mol. The van der Waals surface area contributed by atoms with Crippen molar-refractivity contribution in [2.24, 2.45) is 10.7 Å². The number of hydrogen-bond acceptors (Lipinski definition) is 2. The molecule has 0 saturated carbocycles. The maximum absolute atomic E-state index is 5.83. The normalized spacial score (nSPS) is 12.4. The number of nitrogens with one attached hydrogen (secondary N) is 1. The molecule has 1 aromatic rings. The lowest BCUT2D eigenvalue weighted by atomic mass is 10.1. The van der Waals surface area contributed by atoms with E-state index in [4.69, 9.17) is 5.73 Å². The van der Waals surface area contributed by atoms with Crippen molar-refractivity contribution in [1.29, 1.82) is 0 Å². The first-order valence-corrected chi connectivity index (χ1v) is 6.12. The van der Waals surface area contributed by atoms with Gasteiger partial charge < -0.3 is 16.0 Å². The first-order chi connectivity index (χ1) is 8.28. The minimum absolute atomic E-state index is 0.0565. The Labute approximate surface area is 110 Å². The third kappa shape index (κ3) is 5.08. The number of benzene rings is 1. The van der Waals surface area contributed by atoms with Gasteiger partial charge in [0.1, 0.15) is 0 Å². The molecule has 3 N–H and O–H groups in total. The van der Waals surface area contributed by atoms with Crippen LogP contribution in [0.1, 0.15) is 26.3 Å². The van der Waals surface area contributed by atoms with Crippen LogP contribution in [-0.4, -0.2) is 25.6 Å². The highest BCUT2D eigenvalue weighted by atomic mass is 15.1. The number of rotatable bonds is 3.